The van der Waals surface area contributed by atoms with Gasteiger partial charge in [0, 0.05) is 38.8 Å². The Balaban J connectivity index is 1.78. The molecule has 4 heteroatoms. The molecule has 4 nitrogen and oxygen atoms in total. The van der Waals surface area contributed by atoms with Gasteiger partial charge in [-0.15, -0.1) is 0 Å². The molecule has 19 heavy (non-hydrogen) atoms. The van der Waals surface area contributed by atoms with Crippen LogP contribution < -0.4 is 11.1 Å². The Morgan fingerprint density at radius 2 is 1.74 bits per heavy atom. The third kappa shape index (κ3) is 4.42. The number of nitrogens with two attached hydrogens (primary N) is 1. The smallest absolute Gasteiger partial charge is 0.0107 e. The van der Waals surface area contributed by atoms with Crippen LogP contribution in [0.1, 0.15) is 26.7 Å². The first-order chi connectivity index (χ1) is 9.20. The van der Waals surface area contributed by atoms with Crippen LogP contribution in [0.15, 0.2) is 0 Å². The number of nitrogens with zero attached hydrogens (tertiary/aromatic N) is 2. The lowest BCUT2D eigenvalue weighted by Crippen LogP contribution is -2.48. The zero-order valence-corrected chi connectivity index (χ0v) is 12.8. The maximum atomic E-state index is 6.06. The quantitative estimate of drug-likeness (QED) is 0.766. The largest absolute Gasteiger partial charge is 0.330 e. The second-order valence-electron chi connectivity index (χ2n) is 6.51. The summed E-state index contributed by atoms with van der Waals surface area (Å²) in [6.07, 6.45) is 2.68. The Kier molecular flexibility index (Phi) is 6.07. The maximum Gasteiger partial charge on any atom is 0.0107 e. The first kappa shape index (κ1) is 15.2. The van der Waals surface area contributed by atoms with E-state index in [-0.39, 0.29) is 0 Å². The summed E-state index contributed by atoms with van der Waals surface area (Å²) in [6.45, 7) is 13.9. The van der Waals surface area contributed by atoms with Crippen molar-refractivity contribution in [3.63, 3.8) is 0 Å². The van der Waals surface area contributed by atoms with Crippen molar-refractivity contribution in [3.05, 3.63) is 0 Å². The summed E-state index contributed by atoms with van der Waals surface area (Å²) in [7, 11) is 0. The summed E-state index contributed by atoms with van der Waals surface area (Å²) in [5.41, 5.74) is 6.06. The third-order valence-corrected chi connectivity index (χ3v) is 4.98. The highest BCUT2D eigenvalue weighted by atomic mass is 15.2. The van der Waals surface area contributed by atoms with Crippen LogP contribution >= 0.6 is 0 Å². The fourth-order valence-corrected chi connectivity index (χ4v) is 3.55. The number of hydrogen-bond donors (Lipinski definition) is 2. The summed E-state index contributed by atoms with van der Waals surface area (Å²) in [5, 5.41) is 3.42. The van der Waals surface area contributed by atoms with E-state index in [0.717, 1.165) is 25.6 Å². The molecule has 2 heterocycles. The number of likely N-dealkylation sites (tertiary alicyclic amines) is 1. The van der Waals surface area contributed by atoms with Gasteiger partial charge >= 0.3 is 0 Å². The molecular formula is C15H32N4. The molecule has 0 bridgehead atoms. The molecule has 0 radical (unpaired) electrons. The van der Waals surface area contributed by atoms with Crippen LogP contribution in [0.3, 0.4) is 0 Å². The van der Waals surface area contributed by atoms with Crippen molar-refractivity contribution in [2.24, 2.45) is 17.6 Å². The van der Waals surface area contributed by atoms with Crippen molar-refractivity contribution >= 4 is 0 Å². The zero-order chi connectivity index (χ0) is 13.7. The van der Waals surface area contributed by atoms with E-state index in [2.05, 4.69) is 29.0 Å². The molecule has 0 spiro atoms. The standard InChI is InChI=1S/C15H32N4/c1-13(2)19-7-3-14(4-8-19)15(11-16)12-18-9-5-17-6-10-18/h13-15,17H,3-12,16H2,1-2H3. The van der Waals surface area contributed by atoms with E-state index in [1.807, 2.05) is 0 Å². The molecule has 0 amide bonds. The van der Waals surface area contributed by atoms with Gasteiger partial charge in [0.15, 0.2) is 0 Å². The van der Waals surface area contributed by atoms with Gasteiger partial charge < -0.3 is 20.9 Å². The lowest BCUT2D eigenvalue weighted by atomic mass is 9.83. The molecule has 112 valence electrons. The highest BCUT2D eigenvalue weighted by molar-refractivity contribution is 4.82. The van der Waals surface area contributed by atoms with Gasteiger partial charge in [-0.2, -0.15) is 0 Å². The summed E-state index contributed by atoms with van der Waals surface area (Å²) in [4.78, 5) is 5.21. The highest BCUT2D eigenvalue weighted by Gasteiger charge is 2.28. The molecule has 0 aliphatic carbocycles. The van der Waals surface area contributed by atoms with Gasteiger partial charge in [-0.3, -0.25) is 0 Å². The first-order valence-corrected chi connectivity index (χ1v) is 8.08. The predicted octanol–water partition coefficient (Wildman–Crippen LogP) is 0.587. The SMILES string of the molecule is CC(C)N1CCC(C(CN)CN2CCNCC2)CC1. The molecular weight excluding hydrogens is 236 g/mol. The van der Waals surface area contributed by atoms with Crippen molar-refractivity contribution in [2.45, 2.75) is 32.7 Å². The maximum absolute atomic E-state index is 6.06. The number of hydrogen-bond acceptors (Lipinski definition) is 4. The molecule has 2 aliphatic rings. The topological polar surface area (TPSA) is 44.5 Å². The summed E-state index contributed by atoms with van der Waals surface area (Å²) in [5.74, 6) is 1.54. The zero-order valence-electron chi connectivity index (χ0n) is 12.8. The van der Waals surface area contributed by atoms with Crippen LogP contribution in [-0.2, 0) is 0 Å². The minimum atomic E-state index is 0.699. The fraction of sp³-hybridized carbons (Fsp3) is 1.00. The molecule has 2 fully saturated rings. The second kappa shape index (κ2) is 7.58. The Morgan fingerprint density at radius 1 is 1.11 bits per heavy atom. The molecule has 0 aromatic rings. The van der Waals surface area contributed by atoms with Crippen LogP contribution in [-0.4, -0.2) is 68.2 Å². The van der Waals surface area contributed by atoms with E-state index in [9.17, 15) is 0 Å². The Bertz CT molecular complexity index is 243. The normalized spacial score (nSPS) is 25.9. The molecule has 2 saturated heterocycles. The van der Waals surface area contributed by atoms with Crippen molar-refractivity contribution in [2.75, 3.05) is 52.4 Å². The molecule has 0 aromatic carbocycles. The summed E-state index contributed by atoms with van der Waals surface area (Å²) in [6, 6.07) is 0.699. The molecule has 0 saturated carbocycles. The van der Waals surface area contributed by atoms with Gasteiger partial charge in [-0.1, -0.05) is 0 Å². The van der Waals surface area contributed by atoms with Crippen molar-refractivity contribution < 1.29 is 0 Å². The Hall–Kier alpha value is -0.160. The van der Waals surface area contributed by atoms with Gasteiger partial charge in [0.1, 0.15) is 0 Å². The van der Waals surface area contributed by atoms with Gasteiger partial charge in [0.25, 0.3) is 0 Å². The minimum Gasteiger partial charge on any atom is -0.330 e. The van der Waals surface area contributed by atoms with E-state index in [4.69, 9.17) is 5.73 Å². The fourth-order valence-electron chi connectivity index (χ4n) is 3.55. The lowest BCUT2D eigenvalue weighted by molar-refractivity contribution is 0.0997. The predicted molar refractivity (Wildman–Crippen MR) is 81.3 cm³/mol. The Morgan fingerprint density at radius 3 is 2.26 bits per heavy atom. The van der Waals surface area contributed by atoms with Crippen LogP contribution in [0.2, 0.25) is 0 Å². The molecule has 1 unspecified atom stereocenters. The van der Waals surface area contributed by atoms with E-state index in [1.165, 1.54) is 45.6 Å². The van der Waals surface area contributed by atoms with E-state index >= 15 is 0 Å². The second-order valence-corrected chi connectivity index (χ2v) is 6.51. The van der Waals surface area contributed by atoms with Gasteiger partial charge in [0.05, 0.1) is 0 Å². The first-order valence-electron chi connectivity index (χ1n) is 8.08. The van der Waals surface area contributed by atoms with Crippen LogP contribution in [0.5, 0.6) is 0 Å². The number of rotatable bonds is 5. The molecule has 2 rings (SSSR count). The number of nitrogens with one attached hydrogen (secondary N) is 1. The number of piperazine rings is 1. The van der Waals surface area contributed by atoms with Crippen LogP contribution in [0.4, 0.5) is 0 Å². The summed E-state index contributed by atoms with van der Waals surface area (Å²) >= 11 is 0. The monoisotopic (exact) mass is 268 g/mol. The summed E-state index contributed by atoms with van der Waals surface area (Å²) < 4.78 is 0. The molecule has 0 aromatic heterocycles. The average molecular weight is 268 g/mol. The van der Waals surface area contributed by atoms with Crippen molar-refractivity contribution in [3.8, 4) is 0 Å². The van der Waals surface area contributed by atoms with Crippen molar-refractivity contribution in [1.82, 2.24) is 15.1 Å². The van der Waals surface area contributed by atoms with Crippen LogP contribution in [0, 0.1) is 11.8 Å². The third-order valence-electron chi connectivity index (χ3n) is 4.98. The van der Waals surface area contributed by atoms with Gasteiger partial charge in [-0.05, 0) is 58.2 Å². The van der Waals surface area contributed by atoms with E-state index in [1.54, 1.807) is 0 Å². The van der Waals surface area contributed by atoms with E-state index in [0.29, 0.717) is 12.0 Å². The highest BCUT2D eigenvalue weighted by Crippen LogP contribution is 2.26. The Labute approximate surface area is 118 Å². The number of piperidine rings is 1. The molecule has 1 atom stereocenters. The van der Waals surface area contributed by atoms with E-state index < -0.39 is 0 Å². The average Bonchev–Trinajstić information content (AvgIpc) is 2.46. The van der Waals surface area contributed by atoms with Gasteiger partial charge in [-0.25, -0.2) is 0 Å². The van der Waals surface area contributed by atoms with Crippen LogP contribution in [0.25, 0.3) is 0 Å². The molecule has 2 aliphatic heterocycles. The molecule has 3 N–H and O–H groups in total. The minimum absolute atomic E-state index is 0.699. The van der Waals surface area contributed by atoms with Crippen molar-refractivity contribution in [1.29, 1.82) is 0 Å². The lowest BCUT2D eigenvalue weighted by Gasteiger charge is -2.39. The van der Waals surface area contributed by atoms with Gasteiger partial charge in [0.2, 0.25) is 0 Å².